The highest BCUT2D eigenvalue weighted by Gasteiger charge is 2.17. The van der Waals surface area contributed by atoms with Crippen molar-refractivity contribution in [2.75, 3.05) is 20.6 Å². The van der Waals surface area contributed by atoms with Gasteiger partial charge in [0.2, 0.25) is 0 Å². The van der Waals surface area contributed by atoms with E-state index in [0.717, 1.165) is 11.1 Å². The van der Waals surface area contributed by atoms with E-state index in [4.69, 9.17) is 11.6 Å². The molecule has 2 aromatic rings. The number of carbonyl (C=O) groups is 1. The number of likely N-dealkylation sites (N-methyl/N-ethyl adjacent to an activating group) is 1. The Bertz CT molecular complexity index is 676. The van der Waals surface area contributed by atoms with E-state index in [9.17, 15) is 9.18 Å². The van der Waals surface area contributed by atoms with Crippen molar-refractivity contribution < 1.29 is 9.18 Å². The summed E-state index contributed by atoms with van der Waals surface area (Å²) in [5, 5.41) is 6.27. The molecule has 0 fully saturated rings. The number of hydrogen-bond acceptors (Lipinski definition) is 2. The van der Waals surface area contributed by atoms with Gasteiger partial charge in [-0.15, -0.1) is 0 Å². The van der Waals surface area contributed by atoms with Crippen LogP contribution in [0.1, 0.15) is 17.2 Å². The van der Waals surface area contributed by atoms with Crippen molar-refractivity contribution in [3.8, 4) is 0 Å². The molecule has 6 heteroatoms. The number of hydrogen-bond donors (Lipinski definition) is 2. The zero-order valence-corrected chi connectivity index (χ0v) is 14.5. The van der Waals surface area contributed by atoms with Crippen molar-refractivity contribution in [2.45, 2.75) is 12.6 Å². The fraction of sp³-hybridized carbons (Fsp3) is 0.278. The molecule has 0 bridgehead atoms. The second-order valence-electron chi connectivity index (χ2n) is 5.69. The molecule has 2 aromatic carbocycles. The van der Waals surface area contributed by atoms with Crippen LogP contribution >= 0.6 is 11.6 Å². The molecule has 0 saturated carbocycles. The Kier molecular flexibility index (Phi) is 6.58. The fourth-order valence-electron chi connectivity index (χ4n) is 2.35. The highest BCUT2D eigenvalue weighted by molar-refractivity contribution is 6.31. The summed E-state index contributed by atoms with van der Waals surface area (Å²) in [4.78, 5) is 14.0. The van der Waals surface area contributed by atoms with E-state index >= 15 is 0 Å². The van der Waals surface area contributed by atoms with Gasteiger partial charge in [0.15, 0.2) is 0 Å². The zero-order valence-electron chi connectivity index (χ0n) is 13.7. The van der Waals surface area contributed by atoms with Gasteiger partial charge in [-0.05, 0) is 43.4 Å². The molecule has 0 aliphatic carbocycles. The maximum Gasteiger partial charge on any atom is 0.315 e. The van der Waals surface area contributed by atoms with E-state index in [2.05, 4.69) is 10.6 Å². The molecular weight excluding hydrogens is 329 g/mol. The van der Waals surface area contributed by atoms with Gasteiger partial charge < -0.3 is 15.5 Å². The summed E-state index contributed by atoms with van der Waals surface area (Å²) in [6.07, 6.45) is 0. The van der Waals surface area contributed by atoms with E-state index in [0.29, 0.717) is 18.1 Å². The molecule has 0 unspecified atom stereocenters. The number of nitrogens with one attached hydrogen (secondary N) is 2. The van der Waals surface area contributed by atoms with E-state index in [1.165, 1.54) is 12.1 Å². The molecule has 0 aromatic heterocycles. The Morgan fingerprint density at radius 3 is 2.42 bits per heavy atom. The molecule has 4 nitrogen and oxygen atoms in total. The summed E-state index contributed by atoms with van der Waals surface area (Å²) in [7, 11) is 3.87. The number of carbonyl (C=O) groups excluding carboxylic acids is 1. The molecule has 0 aliphatic heterocycles. The first-order valence-corrected chi connectivity index (χ1v) is 8.02. The fourth-order valence-corrected chi connectivity index (χ4v) is 2.61. The molecule has 0 saturated heterocycles. The predicted octanol–water partition coefficient (Wildman–Crippen LogP) is 3.58. The average Bonchev–Trinajstić information content (AvgIpc) is 2.56. The van der Waals surface area contributed by atoms with Gasteiger partial charge >= 0.3 is 6.03 Å². The lowest BCUT2D eigenvalue weighted by Crippen LogP contribution is -2.40. The normalized spacial score (nSPS) is 12.0. The maximum atomic E-state index is 12.8. The lowest BCUT2D eigenvalue weighted by molar-refractivity contribution is 0.232. The van der Waals surface area contributed by atoms with Gasteiger partial charge in [0, 0.05) is 18.1 Å². The Labute approximate surface area is 146 Å². The van der Waals surface area contributed by atoms with Gasteiger partial charge in [-0.2, -0.15) is 0 Å². The predicted molar refractivity (Wildman–Crippen MR) is 94.5 cm³/mol. The molecule has 0 radical (unpaired) electrons. The third-order valence-electron chi connectivity index (χ3n) is 3.71. The minimum absolute atomic E-state index is 0.0322. The summed E-state index contributed by atoms with van der Waals surface area (Å²) >= 11 is 6.25. The Hall–Kier alpha value is -2.11. The second kappa shape index (κ2) is 8.66. The van der Waals surface area contributed by atoms with Crippen LogP contribution in [-0.2, 0) is 6.54 Å². The summed E-state index contributed by atoms with van der Waals surface area (Å²) < 4.78 is 12.8. The summed E-state index contributed by atoms with van der Waals surface area (Å²) in [6, 6.07) is 13.3. The average molecular weight is 350 g/mol. The minimum Gasteiger partial charge on any atom is -0.336 e. The topological polar surface area (TPSA) is 44.4 Å². The molecule has 0 heterocycles. The van der Waals surface area contributed by atoms with Gasteiger partial charge in [0.25, 0.3) is 0 Å². The highest BCUT2D eigenvalue weighted by Crippen LogP contribution is 2.25. The van der Waals surface area contributed by atoms with Gasteiger partial charge in [-0.3, -0.25) is 0 Å². The molecule has 128 valence electrons. The number of rotatable bonds is 6. The van der Waals surface area contributed by atoms with Crippen LogP contribution in [0.15, 0.2) is 48.5 Å². The van der Waals surface area contributed by atoms with E-state index in [1.807, 2.05) is 43.3 Å². The highest BCUT2D eigenvalue weighted by atomic mass is 35.5. The zero-order chi connectivity index (χ0) is 17.5. The van der Waals surface area contributed by atoms with Crippen LogP contribution in [0, 0.1) is 5.82 Å². The monoisotopic (exact) mass is 349 g/mol. The standard InChI is InChI=1S/C18H21ClFN3O/c1-23(2)17(15-5-3-4-6-16(15)19)12-22-18(24)21-11-13-7-9-14(20)10-8-13/h3-10,17H,11-12H2,1-2H3,(H2,21,22,24)/t17-/m0/s1. The van der Waals surface area contributed by atoms with Crippen LogP contribution in [0.2, 0.25) is 5.02 Å². The maximum absolute atomic E-state index is 12.8. The number of benzene rings is 2. The molecular formula is C18H21ClFN3O. The van der Waals surface area contributed by atoms with Crippen molar-refractivity contribution in [3.63, 3.8) is 0 Å². The van der Waals surface area contributed by atoms with Crippen LogP contribution in [0.3, 0.4) is 0 Å². The van der Waals surface area contributed by atoms with Gasteiger partial charge in [-0.25, -0.2) is 9.18 Å². The molecule has 1 atom stereocenters. The summed E-state index contributed by atoms with van der Waals surface area (Å²) in [5.41, 5.74) is 1.80. The minimum atomic E-state index is -0.295. The quantitative estimate of drug-likeness (QED) is 0.837. The Morgan fingerprint density at radius 2 is 1.79 bits per heavy atom. The van der Waals surface area contributed by atoms with Crippen LogP contribution in [0.25, 0.3) is 0 Å². The molecule has 24 heavy (non-hydrogen) atoms. The Morgan fingerprint density at radius 1 is 1.12 bits per heavy atom. The summed E-state index contributed by atoms with van der Waals surface area (Å²) in [6.45, 7) is 0.761. The summed E-state index contributed by atoms with van der Waals surface area (Å²) in [5.74, 6) is -0.295. The first kappa shape index (κ1) is 18.2. The number of nitrogens with zero attached hydrogens (tertiary/aromatic N) is 1. The van der Waals surface area contributed by atoms with Crippen LogP contribution in [-0.4, -0.2) is 31.6 Å². The van der Waals surface area contributed by atoms with Crippen molar-refractivity contribution in [1.82, 2.24) is 15.5 Å². The van der Waals surface area contributed by atoms with E-state index in [1.54, 1.807) is 12.1 Å². The third-order valence-corrected chi connectivity index (χ3v) is 4.05. The number of amides is 2. The second-order valence-corrected chi connectivity index (χ2v) is 6.10. The molecule has 2 rings (SSSR count). The van der Waals surface area contributed by atoms with Crippen LogP contribution in [0.5, 0.6) is 0 Å². The largest absolute Gasteiger partial charge is 0.336 e. The lowest BCUT2D eigenvalue weighted by Gasteiger charge is -2.26. The molecule has 0 aliphatic rings. The SMILES string of the molecule is CN(C)[C@@H](CNC(=O)NCc1ccc(F)cc1)c1ccccc1Cl. The van der Waals surface area contributed by atoms with Gasteiger partial charge in [-0.1, -0.05) is 41.9 Å². The van der Waals surface area contributed by atoms with Gasteiger partial charge in [0.1, 0.15) is 5.82 Å². The third kappa shape index (κ3) is 5.22. The van der Waals surface area contributed by atoms with Crippen molar-refractivity contribution in [3.05, 3.63) is 70.5 Å². The first-order valence-electron chi connectivity index (χ1n) is 7.64. The molecule has 2 N–H and O–H groups in total. The van der Waals surface area contributed by atoms with E-state index < -0.39 is 0 Å². The molecule has 2 amide bonds. The smallest absolute Gasteiger partial charge is 0.315 e. The van der Waals surface area contributed by atoms with Crippen LogP contribution in [0.4, 0.5) is 9.18 Å². The van der Waals surface area contributed by atoms with Crippen molar-refractivity contribution >= 4 is 17.6 Å². The van der Waals surface area contributed by atoms with E-state index in [-0.39, 0.29) is 17.9 Å². The van der Waals surface area contributed by atoms with Crippen LogP contribution < -0.4 is 10.6 Å². The Balaban J connectivity index is 1.88. The van der Waals surface area contributed by atoms with Crippen molar-refractivity contribution in [2.24, 2.45) is 0 Å². The lowest BCUT2D eigenvalue weighted by atomic mass is 10.1. The number of urea groups is 1. The molecule has 0 spiro atoms. The van der Waals surface area contributed by atoms with Gasteiger partial charge in [0.05, 0.1) is 6.04 Å². The first-order chi connectivity index (χ1) is 11.5. The van der Waals surface area contributed by atoms with Crippen molar-refractivity contribution in [1.29, 1.82) is 0 Å². The number of halogens is 2.